The van der Waals surface area contributed by atoms with Gasteiger partial charge in [-0.1, -0.05) is 19.9 Å². The molecule has 4 rings (SSSR count). The number of aromatic amines is 1. The van der Waals surface area contributed by atoms with Gasteiger partial charge in [0.25, 0.3) is 5.56 Å². The molecule has 1 aromatic carbocycles. The van der Waals surface area contributed by atoms with Crippen LogP contribution < -0.4 is 10.9 Å². The SMILES string of the molecule is CCCNCc1cc2c3c(ccc2n1C)-c1[nH]c(=O)c(C(=O)O)c(O)c1[C@@H](C)CC3. The van der Waals surface area contributed by atoms with Gasteiger partial charge in [-0.2, -0.15) is 0 Å². The molecule has 4 N–H and O–H groups in total. The molecule has 1 aliphatic carbocycles. The first-order valence-corrected chi connectivity index (χ1v) is 10.4. The molecule has 7 heteroatoms. The molecule has 1 aliphatic rings. The minimum atomic E-state index is -1.42. The molecule has 0 aliphatic heterocycles. The summed E-state index contributed by atoms with van der Waals surface area (Å²) in [5.74, 6) is -1.93. The van der Waals surface area contributed by atoms with Gasteiger partial charge in [-0.25, -0.2) is 4.79 Å². The molecule has 0 fully saturated rings. The number of carboxylic acids is 1. The van der Waals surface area contributed by atoms with Gasteiger partial charge in [-0.05, 0) is 49.4 Å². The van der Waals surface area contributed by atoms with E-state index in [-0.39, 0.29) is 5.92 Å². The third kappa shape index (κ3) is 3.10. The van der Waals surface area contributed by atoms with Crippen LogP contribution in [0.25, 0.3) is 22.2 Å². The maximum absolute atomic E-state index is 12.4. The van der Waals surface area contributed by atoms with Crippen LogP contribution in [0.4, 0.5) is 0 Å². The predicted octanol–water partition coefficient (Wildman–Crippen LogP) is 3.49. The number of aromatic carboxylic acids is 1. The second-order valence-electron chi connectivity index (χ2n) is 8.11. The Balaban J connectivity index is 1.94. The summed E-state index contributed by atoms with van der Waals surface area (Å²) in [4.78, 5) is 26.7. The number of aromatic hydroxyl groups is 1. The quantitative estimate of drug-likeness (QED) is 0.483. The van der Waals surface area contributed by atoms with Gasteiger partial charge in [0.2, 0.25) is 0 Å². The Morgan fingerprint density at radius 1 is 1.37 bits per heavy atom. The number of aryl methyl sites for hydroxylation is 2. The number of nitrogens with one attached hydrogen (secondary N) is 2. The monoisotopic (exact) mass is 409 g/mol. The Morgan fingerprint density at radius 2 is 2.13 bits per heavy atom. The summed E-state index contributed by atoms with van der Waals surface area (Å²) in [7, 11) is 2.05. The summed E-state index contributed by atoms with van der Waals surface area (Å²) >= 11 is 0. The molecule has 0 saturated heterocycles. The lowest BCUT2D eigenvalue weighted by Gasteiger charge is -2.16. The molecule has 0 radical (unpaired) electrons. The van der Waals surface area contributed by atoms with Gasteiger partial charge in [-0.15, -0.1) is 0 Å². The highest BCUT2D eigenvalue weighted by Crippen LogP contribution is 2.43. The van der Waals surface area contributed by atoms with E-state index < -0.39 is 22.8 Å². The third-order valence-corrected chi connectivity index (χ3v) is 6.20. The van der Waals surface area contributed by atoms with Gasteiger partial charge in [-0.3, -0.25) is 4.79 Å². The summed E-state index contributed by atoms with van der Waals surface area (Å²) in [5.41, 5.74) is 3.93. The lowest BCUT2D eigenvalue weighted by Crippen LogP contribution is -2.20. The van der Waals surface area contributed by atoms with Crippen molar-refractivity contribution in [2.45, 2.75) is 45.6 Å². The molecular weight excluding hydrogens is 382 g/mol. The largest absolute Gasteiger partial charge is 0.506 e. The Hall–Kier alpha value is -3.06. The van der Waals surface area contributed by atoms with E-state index in [0.717, 1.165) is 54.4 Å². The van der Waals surface area contributed by atoms with Crippen molar-refractivity contribution in [2.75, 3.05) is 6.54 Å². The smallest absolute Gasteiger partial charge is 0.345 e. The maximum atomic E-state index is 12.4. The number of hydrogen-bond donors (Lipinski definition) is 4. The molecule has 2 aromatic heterocycles. The van der Waals surface area contributed by atoms with Crippen LogP contribution in [-0.4, -0.2) is 32.3 Å². The van der Waals surface area contributed by atoms with E-state index in [2.05, 4.69) is 34.9 Å². The minimum Gasteiger partial charge on any atom is -0.506 e. The van der Waals surface area contributed by atoms with Crippen molar-refractivity contribution in [3.05, 3.63) is 50.9 Å². The highest BCUT2D eigenvalue weighted by atomic mass is 16.4. The zero-order valence-electron chi connectivity index (χ0n) is 17.5. The van der Waals surface area contributed by atoms with Gasteiger partial charge < -0.3 is 25.1 Å². The Bertz CT molecular complexity index is 1210. The van der Waals surface area contributed by atoms with Gasteiger partial charge in [0, 0.05) is 41.3 Å². The average Bonchev–Trinajstić information content (AvgIpc) is 2.93. The molecule has 0 amide bonds. The van der Waals surface area contributed by atoms with E-state index in [9.17, 15) is 19.8 Å². The molecule has 30 heavy (non-hydrogen) atoms. The van der Waals surface area contributed by atoms with Crippen molar-refractivity contribution in [1.29, 1.82) is 0 Å². The lowest BCUT2D eigenvalue weighted by atomic mass is 9.93. The first-order chi connectivity index (χ1) is 14.3. The van der Waals surface area contributed by atoms with E-state index in [4.69, 9.17) is 0 Å². The van der Waals surface area contributed by atoms with Crippen LogP contribution in [0.2, 0.25) is 0 Å². The number of carboxylic acid groups (broad SMARTS) is 1. The van der Waals surface area contributed by atoms with E-state index in [1.165, 1.54) is 5.69 Å². The fourth-order valence-corrected chi connectivity index (χ4v) is 4.59. The average molecular weight is 409 g/mol. The molecule has 3 aromatic rings. The van der Waals surface area contributed by atoms with Crippen LogP contribution in [0, 0.1) is 0 Å². The summed E-state index contributed by atoms with van der Waals surface area (Å²) in [6, 6.07) is 6.18. The Morgan fingerprint density at radius 3 is 2.83 bits per heavy atom. The highest BCUT2D eigenvalue weighted by Gasteiger charge is 2.29. The summed E-state index contributed by atoms with van der Waals surface area (Å²) in [6.45, 7) is 5.83. The van der Waals surface area contributed by atoms with Crippen LogP contribution in [0.15, 0.2) is 23.0 Å². The Kier molecular flexibility index (Phi) is 5.15. The van der Waals surface area contributed by atoms with Crippen LogP contribution in [0.5, 0.6) is 5.75 Å². The van der Waals surface area contributed by atoms with Crippen LogP contribution in [0.1, 0.15) is 59.8 Å². The van der Waals surface area contributed by atoms with E-state index >= 15 is 0 Å². The number of pyridine rings is 1. The van der Waals surface area contributed by atoms with E-state index in [1.807, 2.05) is 19.1 Å². The second kappa shape index (κ2) is 7.65. The normalized spacial score (nSPS) is 15.6. The number of benzene rings is 1. The predicted molar refractivity (Wildman–Crippen MR) is 116 cm³/mol. The van der Waals surface area contributed by atoms with Crippen molar-refractivity contribution >= 4 is 16.9 Å². The number of rotatable bonds is 5. The summed E-state index contributed by atoms with van der Waals surface area (Å²) < 4.78 is 2.18. The molecule has 7 nitrogen and oxygen atoms in total. The lowest BCUT2D eigenvalue weighted by molar-refractivity contribution is 0.0691. The summed E-state index contributed by atoms with van der Waals surface area (Å²) in [6.07, 6.45) is 2.59. The second-order valence-corrected chi connectivity index (χ2v) is 8.11. The number of fused-ring (bicyclic) bond motifs is 5. The van der Waals surface area contributed by atoms with Gasteiger partial charge >= 0.3 is 5.97 Å². The van der Waals surface area contributed by atoms with Gasteiger partial charge in [0.05, 0.1) is 5.69 Å². The maximum Gasteiger partial charge on any atom is 0.345 e. The molecule has 2 heterocycles. The highest BCUT2D eigenvalue weighted by molar-refractivity contribution is 5.95. The molecular formula is C23H27N3O4. The third-order valence-electron chi connectivity index (χ3n) is 6.20. The van der Waals surface area contributed by atoms with Crippen molar-refractivity contribution in [1.82, 2.24) is 14.9 Å². The zero-order valence-corrected chi connectivity index (χ0v) is 17.5. The molecule has 0 spiro atoms. The topological polar surface area (TPSA) is 107 Å². The van der Waals surface area contributed by atoms with Crippen molar-refractivity contribution in [3.63, 3.8) is 0 Å². The molecule has 158 valence electrons. The number of carbonyl (C=O) groups is 1. The first-order valence-electron chi connectivity index (χ1n) is 10.4. The minimum absolute atomic E-state index is 0.0909. The van der Waals surface area contributed by atoms with Gasteiger partial charge in [0.15, 0.2) is 5.56 Å². The van der Waals surface area contributed by atoms with Crippen molar-refractivity contribution in [3.8, 4) is 17.0 Å². The fraction of sp³-hybridized carbons (Fsp3) is 0.391. The van der Waals surface area contributed by atoms with E-state index in [0.29, 0.717) is 11.3 Å². The van der Waals surface area contributed by atoms with Crippen molar-refractivity contribution in [2.24, 2.45) is 7.05 Å². The molecule has 1 atom stereocenters. The number of nitrogens with zero attached hydrogens (tertiary/aromatic N) is 1. The molecule has 0 saturated carbocycles. The number of aromatic nitrogens is 2. The summed E-state index contributed by atoms with van der Waals surface area (Å²) in [5, 5.41) is 24.6. The van der Waals surface area contributed by atoms with Gasteiger partial charge in [0.1, 0.15) is 5.75 Å². The molecule has 0 unspecified atom stereocenters. The van der Waals surface area contributed by atoms with Crippen LogP contribution in [-0.2, 0) is 20.0 Å². The fourth-order valence-electron chi connectivity index (χ4n) is 4.59. The van der Waals surface area contributed by atoms with E-state index in [1.54, 1.807) is 0 Å². The van der Waals surface area contributed by atoms with Crippen LogP contribution in [0.3, 0.4) is 0 Å². The first kappa shape index (κ1) is 20.2. The standard InChI is InChI=1S/C23H27N3O4/c1-4-9-24-11-13-10-16-14-6-5-12(2)18-20(15(14)7-8-17(16)26(13)3)25-22(28)19(21(18)27)23(29)30/h7-8,10,12,24H,4-6,9,11H2,1-3H3,(H,29,30)(H2,25,27,28)/t12-/m0/s1. The van der Waals surface area contributed by atoms with Crippen molar-refractivity contribution < 1.29 is 15.0 Å². The Labute approximate surface area is 174 Å². The number of H-pyrrole nitrogens is 1. The van der Waals surface area contributed by atoms with Crippen LogP contribution >= 0.6 is 0 Å². The zero-order chi connectivity index (χ0) is 21.6. The molecule has 0 bridgehead atoms. The number of hydrogen-bond acceptors (Lipinski definition) is 4.